The average molecular weight is 356 g/mol. The van der Waals surface area contributed by atoms with Gasteiger partial charge in [-0.25, -0.2) is 12.8 Å². The van der Waals surface area contributed by atoms with Crippen molar-refractivity contribution in [2.75, 3.05) is 12.4 Å². The van der Waals surface area contributed by atoms with Crippen LogP contribution in [0.3, 0.4) is 0 Å². The quantitative estimate of drug-likeness (QED) is 0.547. The number of hydrogen-bond donors (Lipinski definition) is 0. The zero-order valence-electron chi connectivity index (χ0n) is 13.5. The molecule has 0 atom stereocenters. The molecule has 0 aliphatic carbocycles. The van der Waals surface area contributed by atoms with Crippen LogP contribution in [0.2, 0.25) is 0 Å². The molecule has 0 aliphatic rings. The second-order valence-corrected chi connectivity index (χ2v) is 7.65. The molecule has 0 saturated carbocycles. The molecule has 4 rings (SSSR count). The van der Waals surface area contributed by atoms with E-state index in [-0.39, 0.29) is 17.5 Å². The molecule has 0 bridgehead atoms. The third kappa shape index (κ3) is 2.64. The predicted molar refractivity (Wildman–Crippen MR) is 93.5 cm³/mol. The van der Waals surface area contributed by atoms with Crippen molar-refractivity contribution in [3.05, 3.63) is 54.6 Å². The van der Waals surface area contributed by atoms with Crippen molar-refractivity contribution >= 4 is 26.6 Å². The van der Waals surface area contributed by atoms with Gasteiger partial charge in [-0.05, 0) is 24.3 Å². The minimum Gasteiger partial charge on any atom is -0.493 e. The lowest BCUT2D eigenvalue weighted by molar-refractivity contribution is 0.340. The summed E-state index contributed by atoms with van der Waals surface area (Å²) in [5.41, 5.74) is 1.65. The second kappa shape index (κ2) is 5.89. The molecule has 0 fully saturated rings. The normalized spacial score (nSPS) is 12.0. The molecular weight excluding hydrogens is 340 g/mol. The zero-order valence-corrected chi connectivity index (χ0v) is 14.3. The zero-order chi connectivity index (χ0) is 17.4. The van der Waals surface area contributed by atoms with Gasteiger partial charge in [-0.15, -0.1) is 10.2 Å². The van der Waals surface area contributed by atoms with Gasteiger partial charge in [-0.2, -0.15) is 0 Å². The molecule has 0 saturated heterocycles. The second-order valence-electron chi connectivity index (χ2n) is 5.65. The van der Waals surface area contributed by atoms with E-state index in [4.69, 9.17) is 4.74 Å². The van der Waals surface area contributed by atoms with Gasteiger partial charge in [-0.3, -0.25) is 0 Å². The summed E-state index contributed by atoms with van der Waals surface area (Å²) in [5, 5.41) is 7.90. The van der Waals surface area contributed by atoms with Crippen LogP contribution >= 0.6 is 0 Å². The van der Waals surface area contributed by atoms with Crippen LogP contribution in [0.25, 0.3) is 16.8 Å². The largest absolute Gasteiger partial charge is 0.493 e. The van der Waals surface area contributed by atoms with Crippen LogP contribution in [-0.2, 0) is 16.9 Å². The van der Waals surface area contributed by atoms with E-state index in [1.54, 1.807) is 16.5 Å². The van der Waals surface area contributed by atoms with E-state index < -0.39 is 9.84 Å². The molecule has 2 aromatic carbocycles. The molecule has 0 radical (unpaired) electrons. The van der Waals surface area contributed by atoms with Crippen molar-refractivity contribution in [1.82, 2.24) is 19.2 Å². The van der Waals surface area contributed by atoms with Crippen LogP contribution in [0, 0.1) is 0 Å². The summed E-state index contributed by atoms with van der Waals surface area (Å²) < 4.78 is 34.4. The van der Waals surface area contributed by atoms with Crippen molar-refractivity contribution in [3.8, 4) is 5.75 Å². The number of hydrogen-bond acceptors (Lipinski definition) is 5. The smallest absolute Gasteiger partial charge is 0.256 e. The van der Waals surface area contributed by atoms with Crippen molar-refractivity contribution in [2.24, 2.45) is 7.05 Å². The van der Waals surface area contributed by atoms with Crippen LogP contribution in [0.15, 0.2) is 59.8 Å². The minimum absolute atomic E-state index is 0.0476. The van der Waals surface area contributed by atoms with Gasteiger partial charge in [0.1, 0.15) is 12.4 Å². The van der Waals surface area contributed by atoms with Crippen LogP contribution < -0.4 is 4.74 Å². The Morgan fingerprint density at radius 2 is 1.64 bits per heavy atom. The number of aryl methyl sites for hydroxylation is 1. The predicted octanol–water partition coefficient (Wildman–Crippen LogP) is 2.07. The fraction of sp³-hybridized carbons (Fsp3) is 0.176. The topological polar surface area (TPSA) is 78.5 Å². The highest BCUT2D eigenvalue weighted by Gasteiger charge is 2.25. The van der Waals surface area contributed by atoms with Crippen molar-refractivity contribution in [1.29, 1.82) is 0 Å². The maximum absolute atomic E-state index is 12.7. The maximum atomic E-state index is 12.7. The molecule has 128 valence electrons. The molecule has 4 aromatic rings. The fourth-order valence-corrected chi connectivity index (χ4v) is 3.92. The first-order chi connectivity index (χ1) is 12.1. The van der Waals surface area contributed by atoms with E-state index in [2.05, 4.69) is 10.2 Å². The summed E-state index contributed by atoms with van der Waals surface area (Å²) in [6.45, 7) is 0.0476. The van der Waals surface area contributed by atoms with Gasteiger partial charge in [0, 0.05) is 7.05 Å². The number of fused-ring (bicyclic) bond motifs is 3. The summed E-state index contributed by atoms with van der Waals surface area (Å²) >= 11 is 0. The molecule has 7 nitrogen and oxygen atoms in total. The Bertz CT molecular complexity index is 1150. The first-order valence-electron chi connectivity index (χ1n) is 7.77. The molecule has 0 N–H and O–H groups in total. The van der Waals surface area contributed by atoms with Gasteiger partial charge in [0.15, 0.2) is 0 Å². The van der Waals surface area contributed by atoms with E-state index in [1.165, 1.54) is 0 Å². The van der Waals surface area contributed by atoms with Gasteiger partial charge in [0.05, 0.1) is 16.8 Å². The van der Waals surface area contributed by atoms with E-state index >= 15 is 0 Å². The number of ether oxygens (including phenoxy) is 1. The Balaban J connectivity index is 1.67. The van der Waals surface area contributed by atoms with Gasteiger partial charge in [-0.1, -0.05) is 30.3 Å². The number of rotatable bonds is 5. The molecule has 0 unspecified atom stereocenters. The Labute approximate surface area is 144 Å². The Morgan fingerprint density at radius 3 is 2.40 bits per heavy atom. The molecule has 2 aromatic heterocycles. The molecule has 0 aliphatic heterocycles. The van der Waals surface area contributed by atoms with E-state index in [0.717, 1.165) is 11.0 Å². The Hall–Kier alpha value is -2.87. The van der Waals surface area contributed by atoms with Crippen molar-refractivity contribution in [2.45, 2.75) is 5.16 Å². The fourth-order valence-electron chi connectivity index (χ4n) is 2.81. The lowest BCUT2D eigenvalue weighted by atomic mass is 10.3. The highest BCUT2D eigenvalue weighted by Crippen LogP contribution is 2.22. The van der Waals surface area contributed by atoms with Crippen LogP contribution in [0.1, 0.15) is 0 Å². The summed E-state index contributed by atoms with van der Waals surface area (Å²) in [6.07, 6.45) is 0. The molecule has 2 heterocycles. The number of aromatic nitrogens is 4. The van der Waals surface area contributed by atoms with Gasteiger partial charge >= 0.3 is 0 Å². The van der Waals surface area contributed by atoms with Gasteiger partial charge in [0.2, 0.25) is 15.6 Å². The third-order valence-corrected chi connectivity index (χ3v) is 5.57. The van der Waals surface area contributed by atoms with Crippen LogP contribution in [-0.4, -0.2) is 39.9 Å². The first kappa shape index (κ1) is 15.6. The van der Waals surface area contributed by atoms with Gasteiger partial charge < -0.3 is 9.30 Å². The van der Waals surface area contributed by atoms with E-state index in [9.17, 15) is 8.42 Å². The summed E-state index contributed by atoms with van der Waals surface area (Å²) in [5.74, 6) is 0.948. The molecule has 0 amide bonds. The van der Waals surface area contributed by atoms with Crippen LogP contribution in [0.4, 0.5) is 0 Å². The summed E-state index contributed by atoms with van der Waals surface area (Å²) in [6, 6.07) is 16.6. The molecule has 25 heavy (non-hydrogen) atoms. The summed E-state index contributed by atoms with van der Waals surface area (Å²) in [7, 11) is -1.81. The molecular formula is C17H16N4O3S. The highest BCUT2D eigenvalue weighted by atomic mass is 32.2. The van der Waals surface area contributed by atoms with Gasteiger partial charge in [0.25, 0.3) is 5.16 Å². The SMILES string of the molecule is Cn1c2ccccc2n2c(S(=O)(=O)CCOc3ccccc3)nnc12. The number of sulfone groups is 1. The lowest BCUT2D eigenvalue weighted by Crippen LogP contribution is -2.16. The van der Waals surface area contributed by atoms with E-state index in [0.29, 0.717) is 11.5 Å². The number of imidazole rings is 1. The van der Waals surface area contributed by atoms with E-state index in [1.807, 2.05) is 54.1 Å². The lowest BCUT2D eigenvalue weighted by Gasteiger charge is -2.06. The van der Waals surface area contributed by atoms with Crippen molar-refractivity contribution in [3.63, 3.8) is 0 Å². The highest BCUT2D eigenvalue weighted by molar-refractivity contribution is 7.91. The summed E-state index contributed by atoms with van der Waals surface area (Å²) in [4.78, 5) is 0. The minimum atomic E-state index is -3.64. The molecule has 8 heteroatoms. The number of benzene rings is 2. The Kier molecular flexibility index (Phi) is 3.69. The molecule has 0 spiro atoms. The average Bonchev–Trinajstić information content (AvgIpc) is 3.17. The first-order valence-corrected chi connectivity index (χ1v) is 9.42. The van der Waals surface area contributed by atoms with Crippen LogP contribution in [0.5, 0.6) is 5.75 Å². The Morgan fingerprint density at radius 1 is 0.960 bits per heavy atom. The number of nitrogens with zero attached hydrogens (tertiary/aromatic N) is 4. The van der Waals surface area contributed by atoms with Crippen molar-refractivity contribution < 1.29 is 13.2 Å². The monoisotopic (exact) mass is 356 g/mol. The third-order valence-electron chi connectivity index (χ3n) is 4.04. The maximum Gasteiger partial charge on any atom is 0.256 e. The number of para-hydroxylation sites is 3. The standard InChI is InChI=1S/C17H16N4O3S/c1-20-14-9-5-6-10-15(14)21-16(20)18-19-17(21)25(22,23)12-11-24-13-7-3-2-4-8-13/h2-10H,11-12H2,1H3.